The van der Waals surface area contributed by atoms with Crippen molar-refractivity contribution in [2.45, 2.75) is 38.5 Å². The summed E-state index contributed by atoms with van der Waals surface area (Å²) < 4.78 is 5.67. The lowest BCUT2D eigenvalue weighted by molar-refractivity contribution is 0.134. The van der Waals surface area contributed by atoms with E-state index >= 15 is 0 Å². The normalized spacial score (nSPS) is 16.0. The smallest absolute Gasteiger partial charge is 0.191 e. The first-order valence-electron chi connectivity index (χ1n) is 8.53. The molecule has 1 heterocycles. The van der Waals surface area contributed by atoms with Crippen LogP contribution in [-0.4, -0.2) is 43.7 Å². The minimum absolute atomic E-state index is 0.727. The maximum absolute atomic E-state index is 6.02. The van der Waals surface area contributed by atoms with Crippen molar-refractivity contribution in [2.24, 2.45) is 10.7 Å². The fourth-order valence-electron chi connectivity index (χ4n) is 2.67. The third kappa shape index (κ3) is 6.48. The summed E-state index contributed by atoms with van der Waals surface area (Å²) in [4.78, 5) is 6.69. The summed E-state index contributed by atoms with van der Waals surface area (Å²) >= 11 is 0. The molecule has 0 saturated carbocycles. The number of aliphatic imine (C=N–C) groups is 1. The van der Waals surface area contributed by atoms with Gasteiger partial charge in [0.1, 0.15) is 0 Å². The molecule has 0 atom stereocenters. The van der Waals surface area contributed by atoms with E-state index in [0.29, 0.717) is 0 Å². The number of ether oxygens (including phenoxy) is 1. The van der Waals surface area contributed by atoms with Crippen LogP contribution in [-0.2, 0) is 11.2 Å². The molecule has 0 radical (unpaired) electrons. The Bertz CT molecular complexity index is 427. The molecule has 0 spiro atoms. The Morgan fingerprint density at radius 3 is 2.59 bits per heavy atom. The number of benzene rings is 1. The highest BCUT2D eigenvalue weighted by atomic mass is 16.5. The van der Waals surface area contributed by atoms with Gasteiger partial charge >= 0.3 is 0 Å². The summed E-state index contributed by atoms with van der Waals surface area (Å²) in [6.45, 7) is 4.55. The zero-order valence-electron chi connectivity index (χ0n) is 13.5. The first kappa shape index (κ1) is 16.8. The van der Waals surface area contributed by atoms with Gasteiger partial charge in [0.25, 0.3) is 0 Å². The van der Waals surface area contributed by atoms with Gasteiger partial charge in [0.05, 0.1) is 6.61 Å². The lowest BCUT2D eigenvalue weighted by Crippen LogP contribution is -2.40. The van der Waals surface area contributed by atoms with Gasteiger partial charge in [0.15, 0.2) is 5.96 Å². The summed E-state index contributed by atoms with van der Waals surface area (Å²) in [5.74, 6) is 0.727. The molecule has 4 heteroatoms. The SMILES string of the molecule is NC(=NCCCCOCCc1ccccc1)N1CCCCC1. The molecule has 0 amide bonds. The van der Waals surface area contributed by atoms with Crippen LogP contribution in [0.15, 0.2) is 35.3 Å². The Morgan fingerprint density at radius 1 is 1.05 bits per heavy atom. The first-order valence-corrected chi connectivity index (χ1v) is 8.53. The second kappa shape index (κ2) is 10.2. The van der Waals surface area contributed by atoms with Crippen molar-refractivity contribution in [3.05, 3.63) is 35.9 Å². The second-order valence-corrected chi connectivity index (χ2v) is 5.84. The third-order valence-corrected chi connectivity index (χ3v) is 4.03. The quantitative estimate of drug-likeness (QED) is 0.456. The number of rotatable bonds is 8. The molecular formula is C18H29N3O. The molecule has 1 aliphatic rings. The number of guanidine groups is 1. The van der Waals surface area contributed by atoms with E-state index in [4.69, 9.17) is 10.5 Å². The zero-order chi connectivity index (χ0) is 15.5. The van der Waals surface area contributed by atoms with Crippen LogP contribution < -0.4 is 5.73 Å². The number of likely N-dealkylation sites (tertiary alicyclic amines) is 1. The van der Waals surface area contributed by atoms with Crippen LogP contribution >= 0.6 is 0 Å². The molecule has 1 fully saturated rings. The van der Waals surface area contributed by atoms with Crippen LogP contribution in [0.1, 0.15) is 37.7 Å². The van der Waals surface area contributed by atoms with E-state index < -0.39 is 0 Å². The summed E-state index contributed by atoms with van der Waals surface area (Å²) in [7, 11) is 0. The monoisotopic (exact) mass is 303 g/mol. The van der Waals surface area contributed by atoms with Gasteiger partial charge in [-0.2, -0.15) is 0 Å². The second-order valence-electron chi connectivity index (χ2n) is 5.84. The van der Waals surface area contributed by atoms with Crippen LogP contribution in [0.4, 0.5) is 0 Å². The Morgan fingerprint density at radius 2 is 1.82 bits per heavy atom. The molecule has 0 aromatic heterocycles. The van der Waals surface area contributed by atoms with Gasteiger partial charge in [0.2, 0.25) is 0 Å². The Labute approximate surface area is 134 Å². The molecule has 0 aliphatic carbocycles. The van der Waals surface area contributed by atoms with Crippen LogP contribution in [0.2, 0.25) is 0 Å². The Hall–Kier alpha value is -1.55. The fraction of sp³-hybridized carbons (Fsp3) is 0.611. The number of nitrogens with two attached hydrogens (primary N) is 1. The number of unbranched alkanes of at least 4 members (excludes halogenated alkanes) is 1. The zero-order valence-corrected chi connectivity index (χ0v) is 13.5. The average molecular weight is 303 g/mol. The van der Waals surface area contributed by atoms with Gasteiger partial charge in [-0.15, -0.1) is 0 Å². The van der Waals surface area contributed by atoms with E-state index in [0.717, 1.165) is 58.1 Å². The topological polar surface area (TPSA) is 50.9 Å². The van der Waals surface area contributed by atoms with E-state index in [1.54, 1.807) is 0 Å². The number of hydrogen-bond acceptors (Lipinski definition) is 2. The van der Waals surface area contributed by atoms with Crippen molar-refractivity contribution in [1.82, 2.24) is 4.90 Å². The van der Waals surface area contributed by atoms with Crippen LogP contribution in [0.25, 0.3) is 0 Å². The van der Waals surface area contributed by atoms with E-state index in [-0.39, 0.29) is 0 Å². The third-order valence-electron chi connectivity index (χ3n) is 4.03. The number of piperidine rings is 1. The molecule has 4 nitrogen and oxygen atoms in total. The molecule has 1 saturated heterocycles. The molecule has 2 N–H and O–H groups in total. The van der Waals surface area contributed by atoms with E-state index in [1.165, 1.54) is 24.8 Å². The van der Waals surface area contributed by atoms with Crippen molar-refractivity contribution < 1.29 is 4.74 Å². The predicted octanol–water partition coefficient (Wildman–Crippen LogP) is 2.83. The molecule has 0 bridgehead atoms. The highest BCUT2D eigenvalue weighted by Gasteiger charge is 2.11. The molecule has 1 aromatic carbocycles. The van der Waals surface area contributed by atoms with Gasteiger partial charge in [-0.1, -0.05) is 30.3 Å². The summed E-state index contributed by atoms with van der Waals surface area (Å²) in [6.07, 6.45) is 6.88. The maximum Gasteiger partial charge on any atom is 0.191 e. The minimum atomic E-state index is 0.727. The van der Waals surface area contributed by atoms with E-state index in [1.807, 2.05) is 6.07 Å². The van der Waals surface area contributed by atoms with Gasteiger partial charge in [-0.3, -0.25) is 4.99 Å². The highest BCUT2D eigenvalue weighted by Crippen LogP contribution is 2.08. The van der Waals surface area contributed by atoms with Crippen molar-refractivity contribution in [2.75, 3.05) is 32.8 Å². The molecule has 1 aromatic rings. The van der Waals surface area contributed by atoms with Gasteiger partial charge < -0.3 is 15.4 Å². The Kier molecular flexibility index (Phi) is 7.81. The number of hydrogen-bond donors (Lipinski definition) is 1. The first-order chi connectivity index (χ1) is 10.9. The molecule has 1 aliphatic heterocycles. The predicted molar refractivity (Wildman–Crippen MR) is 92.1 cm³/mol. The summed E-state index contributed by atoms with van der Waals surface area (Å²) in [5, 5.41) is 0. The molecule has 22 heavy (non-hydrogen) atoms. The van der Waals surface area contributed by atoms with Crippen LogP contribution in [0.5, 0.6) is 0 Å². The van der Waals surface area contributed by atoms with Gasteiger partial charge in [-0.25, -0.2) is 0 Å². The van der Waals surface area contributed by atoms with E-state index in [9.17, 15) is 0 Å². The van der Waals surface area contributed by atoms with Crippen LogP contribution in [0, 0.1) is 0 Å². The van der Waals surface area contributed by atoms with Crippen molar-refractivity contribution >= 4 is 5.96 Å². The molecule has 0 unspecified atom stereocenters. The standard InChI is InChI=1S/C18H29N3O/c19-18(21-13-6-2-7-14-21)20-12-5-8-15-22-16-11-17-9-3-1-4-10-17/h1,3-4,9-10H,2,5-8,11-16H2,(H2,19,20). The molecule has 122 valence electrons. The lowest BCUT2D eigenvalue weighted by Gasteiger charge is -2.27. The average Bonchev–Trinajstić information content (AvgIpc) is 2.59. The van der Waals surface area contributed by atoms with Crippen molar-refractivity contribution in [3.8, 4) is 0 Å². The van der Waals surface area contributed by atoms with Gasteiger partial charge in [0, 0.05) is 26.2 Å². The largest absolute Gasteiger partial charge is 0.381 e. The van der Waals surface area contributed by atoms with Crippen molar-refractivity contribution in [3.63, 3.8) is 0 Å². The number of nitrogens with zero attached hydrogens (tertiary/aromatic N) is 2. The highest BCUT2D eigenvalue weighted by molar-refractivity contribution is 5.78. The van der Waals surface area contributed by atoms with Crippen molar-refractivity contribution in [1.29, 1.82) is 0 Å². The van der Waals surface area contributed by atoms with E-state index in [2.05, 4.69) is 34.2 Å². The molecular weight excluding hydrogens is 274 g/mol. The lowest BCUT2D eigenvalue weighted by atomic mass is 10.1. The maximum atomic E-state index is 6.02. The van der Waals surface area contributed by atoms with Gasteiger partial charge in [-0.05, 0) is 44.1 Å². The summed E-state index contributed by atoms with van der Waals surface area (Å²) in [5.41, 5.74) is 7.35. The van der Waals surface area contributed by atoms with Crippen LogP contribution in [0.3, 0.4) is 0 Å². The Balaban J connectivity index is 1.47. The molecule has 2 rings (SSSR count). The fourth-order valence-corrected chi connectivity index (χ4v) is 2.67. The minimum Gasteiger partial charge on any atom is -0.381 e. The summed E-state index contributed by atoms with van der Waals surface area (Å²) in [6, 6.07) is 10.5.